The van der Waals surface area contributed by atoms with E-state index in [1.54, 1.807) is 6.92 Å². The molecule has 0 aromatic carbocycles. The van der Waals surface area contributed by atoms with Crippen LogP contribution in [0.4, 0.5) is 0 Å². The quantitative estimate of drug-likeness (QED) is 0.598. The van der Waals surface area contributed by atoms with Crippen LogP contribution in [0.15, 0.2) is 0 Å². The smallest absolute Gasteiger partial charge is 0.306 e. The minimum atomic E-state index is -0.517. The van der Waals surface area contributed by atoms with Gasteiger partial charge in [0.15, 0.2) is 0 Å². The monoisotopic (exact) mass is 217 g/mol. The van der Waals surface area contributed by atoms with Crippen molar-refractivity contribution in [1.29, 1.82) is 0 Å². The molecule has 2 N–H and O–H groups in total. The Balaban J connectivity index is 3.53. The van der Waals surface area contributed by atoms with Gasteiger partial charge >= 0.3 is 5.97 Å². The maximum Gasteiger partial charge on any atom is 0.306 e. The maximum atomic E-state index is 11.1. The summed E-state index contributed by atoms with van der Waals surface area (Å²) in [6, 6.07) is 0. The third kappa shape index (κ3) is 7.93. The molecular weight excluding hydrogens is 198 g/mol. The zero-order chi connectivity index (χ0) is 11.7. The van der Waals surface area contributed by atoms with Crippen LogP contribution in [0.25, 0.3) is 0 Å². The molecule has 88 valence electrons. The molecule has 0 aliphatic carbocycles. The van der Waals surface area contributed by atoms with Gasteiger partial charge in [-0.15, -0.1) is 0 Å². The highest BCUT2D eigenvalue weighted by Gasteiger charge is 2.08. The minimum Gasteiger partial charge on any atom is -0.466 e. The number of nitrogens with one attached hydrogen (secondary N) is 1. The van der Waals surface area contributed by atoms with Gasteiger partial charge in [0.05, 0.1) is 19.1 Å². The Bertz CT molecular complexity index is 206. The summed E-state index contributed by atoms with van der Waals surface area (Å²) in [5, 5.41) is 11.7. The number of aliphatic hydroxyl groups excluding tert-OH is 1. The number of aliphatic hydroxyl groups is 1. The maximum absolute atomic E-state index is 11.1. The van der Waals surface area contributed by atoms with Crippen LogP contribution in [-0.4, -0.2) is 36.2 Å². The van der Waals surface area contributed by atoms with E-state index in [-0.39, 0.29) is 31.3 Å². The SMILES string of the molecule is CCOC(=O)CCC(=O)NCC(O)CC. The van der Waals surface area contributed by atoms with Crippen molar-refractivity contribution in [2.75, 3.05) is 13.2 Å². The normalized spacial score (nSPS) is 11.9. The Morgan fingerprint density at radius 2 is 2.00 bits per heavy atom. The standard InChI is InChI=1S/C10H19NO4/c1-3-8(12)7-11-9(13)5-6-10(14)15-4-2/h8,12H,3-7H2,1-2H3,(H,11,13). The van der Waals surface area contributed by atoms with Gasteiger partial charge in [0.25, 0.3) is 0 Å². The second-order valence-electron chi connectivity index (χ2n) is 3.17. The number of hydrogen-bond acceptors (Lipinski definition) is 4. The summed E-state index contributed by atoms with van der Waals surface area (Å²) in [7, 11) is 0. The lowest BCUT2D eigenvalue weighted by atomic mass is 10.2. The largest absolute Gasteiger partial charge is 0.466 e. The molecule has 0 saturated carbocycles. The zero-order valence-corrected chi connectivity index (χ0v) is 9.28. The molecule has 0 spiro atoms. The molecule has 0 aromatic heterocycles. The van der Waals surface area contributed by atoms with E-state index in [1.807, 2.05) is 6.92 Å². The Labute approximate surface area is 89.8 Å². The molecule has 15 heavy (non-hydrogen) atoms. The van der Waals surface area contributed by atoms with Crippen LogP contribution < -0.4 is 5.32 Å². The van der Waals surface area contributed by atoms with Gasteiger partial charge in [-0.3, -0.25) is 9.59 Å². The second-order valence-corrected chi connectivity index (χ2v) is 3.17. The zero-order valence-electron chi connectivity index (χ0n) is 9.28. The van der Waals surface area contributed by atoms with E-state index < -0.39 is 6.10 Å². The molecule has 0 fully saturated rings. The van der Waals surface area contributed by atoms with Gasteiger partial charge in [0, 0.05) is 13.0 Å². The van der Waals surface area contributed by atoms with E-state index in [0.29, 0.717) is 13.0 Å². The number of amides is 1. The summed E-state index contributed by atoms with van der Waals surface area (Å²) in [4.78, 5) is 22.0. The molecule has 0 aromatic rings. The van der Waals surface area contributed by atoms with Gasteiger partial charge in [-0.2, -0.15) is 0 Å². The Kier molecular flexibility index (Phi) is 7.62. The average molecular weight is 217 g/mol. The molecule has 1 amide bonds. The summed E-state index contributed by atoms with van der Waals surface area (Å²) in [6.07, 6.45) is 0.270. The predicted octanol–water partition coefficient (Wildman–Crippen LogP) is 0.217. The summed E-state index contributed by atoms with van der Waals surface area (Å²) in [6.45, 7) is 4.11. The molecule has 0 rings (SSSR count). The fraction of sp³-hybridized carbons (Fsp3) is 0.800. The molecule has 0 heterocycles. The summed E-state index contributed by atoms with van der Waals surface area (Å²) in [5.41, 5.74) is 0. The molecular formula is C10H19NO4. The molecule has 0 bridgehead atoms. The van der Waals surface area contributed by atoms with Gasteiger partial charge < -0.3 is 15.2 Å². The first kappa shape index (κ1) is 13.9. The molecule has 0 aliphatic rings. The van der Waals surface area contributed by atoms with Gasteiger partial charge in [-0.25, -0.2) is 0 Å². The third-order valence-electron chi connectivity index (χ3n) is 1.87. The van der Waals surface area contributed by atoms with Crippen molar-refractivity contribution in [2.24, 2.45) is 0 Å². The third-order valence-corrected chi connectivity index (χ3v) is 1.87. The van der Waals surface area contributed by atoms with Crippen molar-refractivity contribution in [3.8, 4) is 0 Å². The van der Waals surface area contributed by atoms with Crippen molar-refractivity contribution in [2.45, 2.75) is 39.2 Å². The molecule has 1 atom stereocenters. The first-order valence-corrected chi connectivity index (χ1v) is 5.20. The average Bonchev–Trinajstić information content (AvgIpc) is 2.23. The van der Waals surface area contributed by atoms with Gasteiger partial charge in [0.2, 0.25) is 5.91 Å². The second kappa shape index (κ2) is 8.23. The molecule has 0 aliphatic heterocycles. The number of esters is 1. The van der Waals surface area contributed by atoms with E-state index in [0.717, 1.165) is 0 Å². The Hall–Kier alpha value is -1.10. The molecule has 0 saturated heterocycles. The van der Waals surface area contributed by atoms with Crippen LogP contribution in [-0.2, 0) is 14.3 Å². The molecule has 5 heteroatoms. The fourth-order valence-corrected chi connectivity index (χ4v) is 0.913. The number of hydrogen-bond donors (Lipinski definition) is 2. The first-order chi connectivity index (χ1) is 7.10. The van der Waals surface area contributed by atoms with Crippen molar-refractivity contribution in [1.82, 2.24) is 5.32 Å². The van der Waals surface area contributed by atoms with Gasteiger partial charge in [-0.1, -0.05) is 6.92 Å². The van der Waals surface area contributed by atoms with Crippen molar-refractivity contribution < 1.29 is 19.4 Å². The van der Waals surface area contributed by atoms with E-state index in [9.17, 15) is 9.59 Å². The summed E-state index contributed by atoms with van der Waals surface area (Å²) >= 11 is 0. The lowest BCUT2D eigenvalue weighted by Gasteiger charge is -2.08. The number of rotatable bonds is 7. The highest BCUT2D eigenvalue weighted by molar-refractivity contribution is 5.81. The Morgan fingerprint density at radius 1 is 1.33 bits per heavy atom. The highest BCUT2D eigenvalue weighted by Crippen LogP contribution is 1.93. The first-order valence-electron chi connectivity index (χ1n) is 5.20. The van der Waals surface area contributed by atoms with Crippen molar-refractivity contribution in [3.05, 3.63) is 0 Å². The lowest BCUT2D eigenvalue weighted by Crippen LogP contribution is -2.31. The van der Waals surface area contributed by atoms with Crippen LogP contribution in [0.2, 0.25) is 0 Å². The number of carbonyl (C=O) groups excluding carboxylic acids is 2. The highest BCUT2D eigenvalue weighted by atomic mass is 16.5. The van der Waals surface area contributed by atoms with E-state index in [1.165, 1.54) is 0 Å². The van der Waals surface area contributed by atoms with Crippen molar-refractivity contribution >= 4 is 11.9 Å². The van der Waals surface area contributed by atoms with Crippen molar-refractivity contribution in [3.63, 3.8) is 0 Å². The van der Waals surface area contributed by atoms with Gasteiger partial charge in [0.1, 0.15) is 0 Å². The molecule has 0 radical (unpaired) electrons. The van der Waals surface area contributed by atoms with Crippen LogP contribution in [0.1, 0.15) is 33.1 Å². The van der Waals surface area contributed by atoms with Crippen LogP contribution in [0.3, 0.4) is 0 Å². The summed E-state index contributed by atoms with van der Waals surface area (Å²) < 4.78 is 4.67. The fourth-order valence-electron chi connectivity index (χ4n) is 0.913. The molecule has 1 unspecified atom stereocenters. The number of ether oxygens (including phenoxy) is 1. The van der Waals surface area contributed by atoms with E-state index in [2.05, 4.69) is 10.1 Å². The van der Waals surface area contributed by atoms with Crippen LogP contribution in [0, 0.1) is 0 Å². The van der Waals surface area contributed by atoms with Crippen LogP contribution in [0.5, 0.6) is 0 Å². The minimum absolute atomic E-state index is 0.0852. The topological polar surface area (TPSA) is 75.6 Å². The summed E-state index contributed by atoms with van der Waals surface area (Å²) in [5.74, 6) is -0.612. The van der Waals surface area contributed by atoms with Crippen LogP contribution >= 0.6 is 0 Å². The predicted molar refractivity (Wildman–Crippen MR) is 55.2 cm³/mol. The number of carbonyl (C=O) groups is 2. The van der Waals surface area contributed by atoms with E-state index in [4.69, 9.17) is 5.11 Å². The molecule has 5 nitrogen and oxygen atoms in total. The lowest BCUT2D eigenvalue weighted by molar-refractivity contribution is -0.144. The Morgan fingerprint density at radius 3 is 2.53 bits per heavy atom. The van der Waals surface area contributed by atoms with E-state index >= 15 is 0 Å². The van der Waals surface area contributed by atoms with Gasteiger partial charge in [-0.05, 0) is 13.3 Å².